The van der Waals surface area contributed by atoms with Crippen molar-refractivity contribution in [2.24, 2.45) is 0 Å². The minimum Gasteiger partial charge on any atom is -0.488 e. The molecule has 1 saturated carbocycles. The van der Waals surface area contributed by atoms with Crippen LogP contribution in [0.2, 0.25) is 0 Å². The van der Waals surface area contributed by atoms with E-state index in [0.29, 0.717) is 18.5 Å². The van der Waals surface area contributed by atoms with Crippen LogP contribution in [0.25, 0.3) is 0 Å². The SMILES string of the molecule is CN(C(=O)c1noc2c1CCCC2)[C@@H]1CC[C@H](Oc2ccccc2)[C@H]1O. The highest BCUT2D eigenvalue weighted by Gasteiger charge is 2.41. The van der Waals surface area contributed by atoms with Gasteiger partial charge in [-0.3, -0.25) is 4.79 Å². The Morgan fingerprint density at radius 3 is 2.81 bits per heavy atom. The Morgan fingerprint density at radius 2 is 2.00 bits per heavy atom. The van der Waals surface area contributed by atoms with Gasteiger partial charge in [-0.05, 0) is 44.2 Å². The van der Waals surface area contributed by atoms with E-state index in [1.165, 1.54) is 0 Å². The molecule has 0 saturated heterocycles. The van der Waals surface area contributed by atoms with Crippen molar-refractivity contribution in [3.8, 4) is 5.75 Å². The zero-order valence-corrected chi connectivity index (χ0v) is 14.9. The van der Waals surface area contributed by atoms with Crippen molar-refractivity contribution in [2.75, 3.05) is 7.05 Å². The largest absolute Gasteiger partial charge is 0.488 e. The summed E-state index contributed by atoms with van der Waals surface area (Å²) in [5.41, 5.74) is 1.35. The number of hydrogen-bond donors (Lipinski definition) is 1. The summed E-state index contributed by atoms with van der Waals surface area (Å²) in [6, 6.07) is 9.18. The second kappa shape index (κ2) is 7.11. The van der Waals surface area contributed by atoms with Crippen molar-refractivity contribution in [1.82, 2.24) is 10.1 Å². The number of aliphatic hydroxyl groups is 1. The number of fused-ring (bicyclic) bond motifs is 1. The molecule has 1 fully saturated rings. The van der Waals surface area contributed by atoms with E-state index in [4.69, 9.17) is 9.26 Å². The molecule has 0 aliphatic heterocycles. The van der Waals surface area contributed by atoms with Gasteiger partial charge in [-0.25, -0.2) is 0 Å². The molecule has 0 bridgehead atoms. The highest BCUT2D eigenvalue weighted by molar-refractivity contribution is 5.94. The van der Waals surface area contributed by atoms with Crippen LogP contribution in [0.15, 0.2) is 34.9 Å². The van der Waals surface area contributed by atoms with Gasteiger partial charge in [0.2, 0.25) is 0 Å². The summed E-state index contributed by atoms with van der Waals surface area (Å²) in [5, 5.41) is 14.7. The van der Waals surface area contributed by atoms with Gasteiger partial charge in [0.15, 0.2) is 5.69 Å². The topological polar surface area (TPSA) is 75.8 Å². The van der Waals surface area contributed by atoms with Gasteiger partial charge in [0.25, 0.3) is 5.91 Å². The van der Waals surface area contributed by atoms with Crippen molar-refractivity contribution in [1.29, 1.82) is 0 Å². The van der Waals surface area contributed by atoms with E-state index in [1.807, 2.05) is 30.3 Å². The number of amides is 1. The second-order valence-electron chi connectivity index (χ2n) is 7.16. The van der Waals surface area contributed by atoms with E-state index in [0.717, 1.165) is 42.8 Å². The zero-order valence-electron chi connectivity index (χ0n) is 14.9. The van der Waals surface area contributed by atoms with Gasteiger partial charge in [0.05, 0.1) is 6.04 Å². The summed E-state index contributed by atoms with van der Waals surface area (Å²) in [4.78, 5) is 14.5. The Balaban J connectivity index is 1.45. The van der Waals surface area contributed by atoms with Crippen LogP contribution in [0.4, 0.5) is 0 Å². The third-order valence-electron chi connectivity index (χ3n) is 5.52. The number of carbonyl (C=O) groups is 1. The van der Waals surface area contributed by atoms with Crippen molar-refractivity contribution in [3.63, 3.8) is 0 Å². The van der Waals surface area contributed by atoms with Gasteiger partial charge >= 0.3 is 0 Å². The molecule has 26 heavy (non-hydrogen) atoms. The number of aryl methyl sites for hydroxylation is 1. The lowest BCUT2D eigenvalue weighted by atomic mass is 9.96. The molecule has 6 heteroatoms. The fourth-order valence-electron chi connectivity index (χ4n) is 4.02. The molecular weight excluding hydrogens is 332 g/mol. The lowest BCUT2D eigenvalue weighted by Gasteiger charge is -2.28. The van der Waals surface area contributed by atoms with E-state index in [2.05, 4.69) is 5.16 Å². The number of carbonyl (C=O) groups excluding carboxylic acids is 1. The minimum absolute atomic E-state index is 0.179. The van der Waals surface area contributed by atoms with Gasteiger partial charge in [0, 0.05) is 19.0 Å². The monoisotopic (exact) mass is 356 g/mol. The number of para-hydroxylation sites is 1. The number of aromatic nitrogens is 1. The third-order valence-corrected chi connectivity index (χ3v) is 5.52. The highest BCUT2D eigenvalue weighted by atomic mass is 16.5. The second-order valence-corrected chi connectivity index (χ2v) is 7.16. The molecule has 0 spiro atoms. The number of aliphatic hydroxyl groups excluding tert-OH is 1. The summed E-state index contributed by atoms with van der Waals surface area (Å²) >= 11 is 0. The summed E-state index contributed by atoms with van der Waals surface area (Å²) in [5.74, 6) is 1.39. The van der Waals surface area contributed by atoms with Crippen LogP contribution in [-0.2, 0) is 12.8 Å². The smallest absolute Gasteiger partial charge is 0.276 e. The van der Waals surface area contributed by atoms with E-state index < -0.39 is 6.10 Å². The van der Waals surface area contributed by atoms with E-state index in [-0.39, 0.29) is 18.1 Å². The van der Waals surface area contributed by atoms with Gasteiger partial charge < -0.3 is 19.3 Å². The molecule has 2 aliphatic rings. The molecule has 1 amide bonds. The van der Waals surface area contributed by atoms with Crippen molar-refractivity contribution in [3.05, 3.63) is 47.3 Å². The maximum Gasteiger partial charge on any atom is 0.276 e. The summed E-state index contributed by atoms with van der Waals surface area (Å²) < 4.78 is 11.3. The first-order valence-electron chi connectivity index (χ1n) is 9.29. The van der Waals surface area contributed by atoms with Crippen LogP contribution in [0.5, 0.6) is 5.75 Å². The molecule has 1 aromatic heterocycles. The van der Waals surface area contributed by atoms with Crippen LogP contribution < -0.4 is 4.74 Å². The van der Waals surface area contributed by atoms with Crippen molar-refractivity contribution >= 4 is 5.91 Å². The zero-order chi connectivity index (χ0) is 18.1. The molecule has 0 unspecified atom stereocenters. The molecular formula is C20H24N2O4. The van der Waals surface area contributed by atoms with Crippen molar-refractivity contribution in [2.45, 2.75) is 56.8 Å². The van der Waals surface area contributed by atoms with Gasteiger partial charge in [-0.15, -0.1) is 0 Å². The number of benzene rings is 1. The Kier molecular flexibility index (Phi) is 4.68. The van der Waals surface area contributed by atoms with E-state index in [9.17, 15) is 9.90 Å². The molecule has 2 aromatic rings. The summed E-state index contributed by atoms with van der Waals surface area (Å²) in [7, 11) is 1.73. The summed E-state index contributed by atoms with van der Waals surface area (Å²) in [6.07, 6.45) is 4.16. The molecule has 6 nitrogen and oxygen atoms in total. The molecule has 3 atom stereocenters. The lowest BCUT2D eigenvalue weighted by molar-refractivity contribution is 0.0163. The number of nitrogens with zero attached hydrogens (tertiary/aromatic N) is 2. The Bertz CT molecular complexity index is 773. The fraction of sp³-hybridized carbons (Fsp3) is 0.500. The molecule has 1 aromatic carbocycles. The van der Waals surface area contributed by atoms with Gasteiger partial charge in [-0.1, -0.05) is 23.4 Å². The Hall–Kier alpha value is -2.34. The van der Waals surface area contributed by atoms with Crippen LogP contribution in [0.3, 0.4) is 0 Å². The molecule has 4 rings (SSSR count). The minimum atomic E-state index is -0.730. The van der Waals surface area contributed by atoms with Gasteiger partial charge in [-0.2, -0.15) is 0 Å². The maximum absolute atomic E-state index is 12.9. The predicted molar refractivity (Wildman–Crippen MR) is 95.1 cm³/mol. The highest BCUT2D eigenvalue weighted by Crippen LogP contribution is 2.30. The molecule has 2 aliphatic carbocycles. The van der Waals surface area contributed by atoms with Crippen molar-refractivity contribution < 1.29 is 19.2 Å². The predicted octanol–water partition coefficient (Wildman–Crippen LogP) is 2.60. The molecule has 138 valence electrons. The number of rotatable bonds is 4. The Labute approximate surface area is 152 Å². The van der Waals surface area contributed by atoms with Crippen LogP contribution in [-0.4, -0.2) is 46.4 Å². The first-order chi connectivity index (χ1) is 12.6. The molecule has 0 radical (unpaired) electrons. The third kappa shape index (κ3) is 3.09. The van der Waals surface area contributed by atoms with Crippen LogP contribution in [0, 0.1) is 0 Å². The standard InChI is InChI=1S/C20H24N2O4/c1-22(20(24)18-14-9-5-6-10-16(14)26-21-18)15-11-12-17(19(15)23)25-13-7-3-2-4-8-13/h2-4,7-8,15,17,19,23H,5-6,9-12H2,1H3/t15-,17+,19+/m1/s1. The number of likely N-dealkylation sites (N-methyl/N-ethyl adjacent to an activating group) is 1. The summed E-state index contributed by atoms with van der Waals surface area (Å²) in [6.45, 7) is 0. The van der Waals surface area contributed by atoms with E-state index >= 15 is 0 Å². The Morgan fingerprint density at radius 1 is 1.23 bits per heavy atom. The molecule has 1 N–H and O–H groups in total. The lowest BCUT2D eigenvalue weighted by Crippen LogP contribution is -2.45. The molecule has 1 heterocycles. The van der Waals surface area contributed by atoms with Crippen LogP contribution in [0.1, 0.15) is 47.5 Å². The maximum atomic E-state index is 12.9. The quantitative estimate of drug-likeness (QED) is 0.911. The first kappa shape index (κ1) is 17.1. The average Bonchev–Trinajstić information content (AvgIpc) is 3.26. The van der Waals surface area contributed by atoms with Gasteiger partial charge in [0.1, 0.15) is 23.7 Å². The number of hydrogen-bond acceptors (Lipinski definition) is 5. The van der Waals surface area contributed by atoms with Crippen LogP contribution >= 0.6 is 0 Å². The first-order valence-corrected chi connectivity index (χ1v) is 9.29. The normalized spacial score (nSPS) is 24.9. The average molecular weight is 356 g/mol. The fourth-order valence-corrected chi connectivity index (χ4v) is 4.02. The number of ether oxygens (including phenoxy) is 1. The van der Waals surface area contributed by atoms with E-state index in [1.54, 1.807) is 11.9 Å².